The summed E-state index contributed by atoms with van der Waals surface area (Å²) in [5, 5.41) is 6.86. The SMILES string of the molecule is CCc1noc(C)c1NC(=O)N1CCO[C@@](C)(CC)C1. The molecule has 0 aromatic carbocycles. The summed E-state index contributed by atoms with van der Waals surface area (Å²) in [4.78, 5) is 14.2. The van der Waals surface area contributed by atoms with Crippen LogP contribution in [-0.4, -0.2) is 41.4 Å². The van der Waals surface area contributed by atoms with Gasteiger partial charge in [-0.25, -0.2) is 4.79 Å². The Bertz CT molecular complexity index is 486. The molecular formula is C14H23N3O3. The van der Waals surface area contributed by atoms with Crippen molar-refractivity contribution in [3.05, 3.63) is 11.5 Å². The molecule has 0 saturated carbocycles. The Kier molecular flexibility index (Phi) is 4.32. The quantitative estimate of drug-likeness (QED) is 0.924. The van der Waals surface area contributed by atoms with Crippen LogP contribution in [0.2, 0.25) is 0 Å². The first kappa shape index (κ1) is 14.8. The molecule has 1 atom stereocenters. The maximum atomic E-state index is 12.4. The second-order valence-electron chi connectivity index (χ2n) is 5.42. The monoisotopic (exact) mass is 281 g/mol. The Morgan fingerprint density at radius 2 is 2.25 bits per heavy atom. The normalized spacial score (nSPS) is 22.9. The predicted molar refractivity (Wildman–Crippen MR) is 75.9 cm³/mol. The maximum absolute atomic E-state index is 12.4. The van der Waals surface area contributed by atoms with Gasteiger partial charge >= 0.3 is 6.03 Å². The van der Waals surface area contributed by atoms with Gasteiger partial charge in [-0.15, -0.1) is 0 Å². The number of hydrogen-bond donors (Lipinski definition) is 1. The third kappa shape index (κ3) is 2.95. The molecule has 0 unspecified atom stereocenters. The Labute approximate surface area is 119 Å². The van der Waals surface area contributed by atoms with E-state index in [1.54, 1.807) is 11.8 Å². The molecule has 1 fully saturated rings. The molecule has 1 aliphatic rings. The molecule has 1 aromatic rings. The van der Waals surface area contributed by atoms with E-state index >= 15 is 0 Å². The third-order valence-corrected chi connectivity index (χ3v) is 3.87. The summed E-state index contributed by atoms with van der Waals surface area (Å²) in [6.45, 7) is 9.66. The lowest BCUT2D eigenvalue weighted by atomic mass is 10.0. The van der Waals surface area contributed by atoms with E-state index in [0.29, 0.717) is 31.1 Å². The minimum Gasteiger partial charge on any atom is -0.372 e. The molecule has 2 amide bonds. The van der Waals surface area contributed by atoms with Crippen LogP contribution in [0.1, 0.15) is 38.6 Å². The van der Waals surface area contributed by atoms with Gasteiger partial charge in [0.25, 0.3) is 0 Å². The van der Waals surface area contributed by atoms with Crippen molar-refractivity contribution in [2.75, 3.05) is 25.0 Å². The molecule has 6 heteroatoms. The zero-order chi connectivity index (χ0) is 14.8. The molecule has 1 aromatic heterocycles. The number of rotatable bonds is 3. The number of anilines is 1. The van der Waals surface area contributed by atoms with Gasteiger partial charge < -0.3 is 19.5 Å². The zero-order valence-electron chi connectivity index (χ0n) is 12.7. The first-order valence-electron chi connectivity index (χ1n) is 7.14. The fraction of sp³-hybridized carbons (Fsp3) is 0.714. The van der Waals surface area contributed by atoms with Crippen LogP contribution >= 0.6 is 0 Å². The van der Waals surface area contributed by atoms with Gasteiger partial charge in [0.1, 0.15) is 11.4 Å². The van der Waals surface area contributed by atoms with E-state index in [0.717, 1.165) is 18.5 Å². The number of aromatic nitrogens is 1. The Balaban J connectivity index is 2.06. The summed E-state index contributed by atoms with van der Waals surface area (Å²) in [6.07, 6.45) is 1.60. The van der Waals surface area contributed by atoms with Gasteiger partial charge in [0, 0.05) is 6.54 Å². The van der Waals surface area contributed by atoms with Crippen molar-refractivity contribution in [2.45, 2.75) is 46.1 Å². The topological polar surface area (TPSA) is 67.6 Å². The number of nitrogens with zero attached hydrogens (tertiary/aromatic N) is 2. The Morgan fingerprint density at radius 3 is 2.90 bits per heavy atom. The van der Waals surface area contributed by atoms with E-state index in [-0.39, 0.29) is 11.6 Å². The van der Waals surface area contributed by atoms with Gasteiger partial charge in [0.2, 0.25) is 0 Å². The van der Waals surface area contributed by atoms with E-state index in [1.165, 1.54) is 0 Å². The fourth-order valence-electron chi connectivity index (χ4n) is 2.32. The molecular weight excluding hydrogens is 258 g/mol. The van der Waals surface area contributed by atoms with Gasteiger partial charge in [-0.05, 0) is 26.7 Å². The van der Waals surface area contributed by atoms with E-state index in [2.05, 4.69) is 17.4 Å². The molecule has 0 spiro atoms. The van der Waals surface area contributed by atoms with Crippen LogP contribution < -0.4 is 5.32 Å². The largest absolute Gasteiger partial charge is 0.372 e. The summed E-state index contributed by atoms with van der Waals surface area (Å²) in [5.41, 5.74) is 1.22. The lowest BCUT2D eigenvalue weighted by Crippen LogP contribution is -2.53. The maximum Gasteiger partial charge on any atom is 0.322 e. The van der Waals surface area contributed by atoms with Crippen molar-refractivity contribution in [1.82, 2.24) is 10.1 Å². The van der Waals surface area contributed by atoms with Gasteiger partial charge in [-0.2, -0.15) is 0 Å². The third-order valence-electron chi connectivity index (χ3n) is 3.87. The van der Waals surface area contributed by atoms with E-state index in [4.69, 9.17) is 9.26 Å². The van der Waals surface area contributed by atoms with Crippen LogP contribution in [0.4, 0.5) is 10.5 Å². The number of hydrogen-bond acceptors (Lipinski definition) is 4. The summed E-state index contributed by atoms with van der Waals surface area (Å²) in [7, 11) is 0. The summed E-state index contributed by atoms with van der Waals surface area (Å²) < 4.78 is 10.9. The Morgan fingerprint density at radius 1 is 1.50 bits per heavy atom. The average molecular weight is 281 g/mol. The number of nitrogens with one attached hydrogen (secondary N) is 1. The minimum atomic E-state index is -0.257. The van der Waals surface area contributed by atoms with Gasteiger partial charge in [-0.1, -0.05) is 19.0 Å². The number of amides is 2. The van der Waals surface area contributed by atoms with Gasteiger partial charge in [-0.3, -0.25) is 0 Å². The van der Waals surface area contributed by atoms with Crippen molar-refractivity contribution in [1.29, 1.82) is 0 Å². The number of carbonyl (C=O) groups excluding carboxylic acids is 1. The second kappa shape index (κ2) is 5.83. The lowest BCUT2D eigenvalue weighted by molar-refractivity contribution is -0.0860. The summed E-state index contributed by atoms with van der Waals surface area (Å²) >= 11 is 0. The highest BCUT2D eigenvalue weighted by Crippen LogP contribution is 2.24. The van der Waals surface area contributed by atoms with Crippen LogP contribution in [-0.2, 0) is 11.2 Å². The highest BCUT2D eigenvalue weighted by molar-refractivity contribution is 5.90. The van der Waals surface area contributed by atoms with Crippen LogP contribution in [0.25, 0.3) is 0 Å². The molecule has 112 valence electrons. The number of ether oxygens (including phenoxy) is 1. The molecule has 1 aliphatic heterocycles. The first-order valence-corrected chi connectivity index (χ1v) is 7.14. The van der Waals surface area contributed by atoms with Crippen LogP contribution in [0.3, 0.4) is 0 Å². The van der Waals surface area contributed by atoms with Crippen molar-refractivity contribution < 1.29 is 14.1 Å². The molecule has 1 N–H and O–H groups in total. The molecule has 1 saturated heterocycles. The zero-order valence-corrected chi connectivity index (χ0v) is 12.7. The van der Waals surface area contributed by atoms with Crippen LogP contribution in [0, 0.1) is 6.92 Å². The Hall–Kier alpha value is -1.56. The molecule has 6 nitrogen and oxygen atoms in total. The minimum absolute atomic E-state index is 0.117. The molecule has 2 heterocycles. The fourth-order valence-corrected chi connectivity index (χ4v) is 2.32. The highest BCUT2D eigenvalue weighted by atomic mass is 16.5. The molecule has 0 radical (unpaired) electrons. The van der Waals surface area contributed by atoms with E-state index in [9.17, 15) is 4.79 Å². The standard InChI is InChI=1S/C14H23N3O3/c1-5-11-12(10(3)20-16-11)15-13(18)17-7-8-19-14(4,6-2)9-17/h5-9H2,1-4H3,(H,15,18)/t14-/m0/s1. The average Bonchev–Trinajstić information content (AvgIpc) is 2.79. The molecule has 2 rings (SSSR count). The highest BCUT2D eigenvalue weighted by Gasteiger charge is 2.33. The predicted octanol–water partition coefficient (Wildman–Crippen LogP) is 2.58. The molecule has 0 aliphatic carbocycles. The van der Waals surface area contributed by atoms with E-state index < -0.39 is 0 Å². The number of morpholine rings is 1. The van der Waals surface area contributed by atoms with Crippen molar-refractivity contribution in [2.24, 2.45) is 0 Å². The van der Waals surface area contributed by atoms with Crippen molar-refractivity contribution >= 4 is 11.7 Å². The first-order chi connectivity index (χ1) is 9.49. The summed E-state index contributed by atoms with van der Waals surface area (Å²) in [6, 6.07) is -0.117. The van der Waals surface area contributed by atoms with Crippen molar-refractivity contribution in [3.63, 3.8) is 0 Å². The summed E-state index contributed by atoms with van der Waals surface area (Å²) in [5.74, 6) is 0.640. The molecule has 0 bridgehead atoms. The number of aryl methyl sites for hydroxylation is 2. The number of carbonyl (C=O) groups is 1. The van der Waals surface area contributed by atoms with Crippen molar-refractivity contribution in [3.8, 4) is 0 Å². The lowest BCUT2D eigenvalue weighted by Gasteiger charge is -2.39. The van der Waals surface area contributed by atoms with Crippen LogP contribution in [0.15, 0.2) is 4.52 Å². The van der Waals surface area contributed by atoms with Gasteiger partial charge in [0.15, 0.2) is 5.76 Å². The second-order valence-corrected chi connectivity index (χ2v) is 5.42. The number of urea groups is 1. The van der Waals surface area contributed by atoms with Crippen LogP contribution in [0.5, 0.6) is 0 Å². The smallest absolute Gasteiger partial charge is 0.322 e. The van der Waals surface area contributed by atoms with E-state index in [1.807, 2.05) is 13.8 Å². The molecule has 20 heavy (non-hydrogen) atoms. The van der Waals surface area contributed by atoms with Gasteiger partial charge in [0.05, 0.1) is 18.8 Å².